The monoisotopic (exact) mass is 459 g/mol. The predicted octanol–water partition coefficient (Wildman–Crippen LogP) is 4.15. The van der Waals surface area contributed by atoms with Crippen LogP contribution in [-0.4, -0.2) is 30.8 Å². The van der Waals surface area contributed by atoms with Gasteiger partial charge in [-0.15, -0.1) is 0 Å². The highest BCUT2D eigenvalue weighted by molar-refractivity contribution is 7.89. The molecule has 0 saturated heterocycles. The smallest absolute Gasteiger partial charge is 0.254 e. The van der Waals surface area contributed by atoms with Crippen molar-refractivity contribution in [1.82, 2.24) is 14.6 Å². The largest absolute Gasteiger partial charge is 0.358 e. The maximum atomic E-state index is 13.4. The Kier molecular flexibility index (Phi) is 5.52. The highest BCUT2D eigenvalue weighted by Gasteiger charge is 2.26. The Balaban J connectivity index is 1.39. The molecule has 0 bridgehead atoms. The summed E-state index contributed by atoms with van der Waals surface area (Å²) < 4.78 is 28.4. The lowest BCUT2D eigenvalue weighted by Crippen LogP contribution is -2.36. The number of carbonyl (C=O) groups excluding carboxylic acids is 1. The third kappa shape index (κ3) is 4.17. The number of hydrogen-bond acceptors (Lipinski definition) is 3. The van der Waals surface area contributed by atoms with E-state index in [1.165, 1.54) is 11.8 Å². The number of aromatic amines is 1. The first-order chi connectivity index (χ1) is 15.9. The van der Waals surface area contributed by atoms with Crippen LogP contribution in [0.25, 0.3) is 10.9 Å². The zero-order valence-electron chi connectivity index (χ0n) is 18.3. The number of H-pyrrole nitrogens is 1. The van der Waals surface area contributed by atoms with E-state index in [2.05, 4.69) is 15.8 Å². The standard InChI is InChI=1S/C26H25N3O3S/c1-18-11-12-20(33(31,32)27-16-19-7-3-2-4-8-19)15-22(18)26(30)29-14-13-25-23(17-29)21-9-5-6-10-24(21)28-25/h2-12,15,27-28H,13-14,16-17H2,1H3. The number of fused-ring (bicyclic) bond motifs is 3. The summed E-state index contributed by atoms with van der Waals surface area (Å²) in [6, 6.07) is 22.2. The molecule has 0 unspecified atom stereocenters. The Morgan fingerprint density at radius 3 is 2.61 bits per heavy atom. The van der Waals surface area contributed by atoms with E-state index in [1.54, 1.807) is 17.0 Å². The van der Waals surface area contributed by atoms with Gasteiger partial charge in [-0.2, -0.15) is 0 Å². The molecule has 6 nitrogen and oxygen atoms in total. The molecule has 1 aromatic heterocycles. The van der Waals surface area contributed by atoms with Crippen molar-refractivity contribution in [3.63, 3.8) is 0 Å². The SMILES string of the molecule is Cc1ccc(S(=O)(=O)NCc2ccccc2)cc1C(=O)N1CCc2[nH]c3ccccc3c2C1. The van der Waals surface area contributed by atoms with Crippen LogP contribution in [0, 0.1) is 6.92 Å². The van der Waals surface area contributed by atoms with Crippen molar-refractivity contribution in [3.05, 3.63) is 101 Å². The second kappa shape index (κ2) is 8.50. The van der Waals surface area contributed by atoms with E-state index >= 15 is 0 Å². The van der Waals surface area contributed by atoms with Gasteiger partial charge in [0.15, 0.2) is 0 Å². The first kappa shape index (κ1) is 21.4. The van der Waals surface area contributed by atoms with Crippen molar-refractivity contribution in [3.8, 4) is 0 Å². The van der Waals surface area contributed by atoms with E-state index in [4.69, 9.17) is 0 Å². The lowest BCUT2D eigenvalue weighted by Gasteiger charge is -2.28. The van der Waals surface area contributed by atoms with Crippen LogP contribution >= 0.6 is 0 Å². The van der Waals surface area contributed by atoms with Gasteiger partial charge in [0.05, 0.1) is 4.90 Å². The van der Waals surface area contributed by atoms with E-state index in [0.29, 0.717) is 18.7 Å². The zero-order valence-corrected chi connectivity index (χ0v) is 19.2. The molecule has 0 saturated carbocycles. The van der Waals surface area contributed by atoms with Gasteiger partial charge in [-0.25, -0.2) is 13.1 Å². The van der Waals surface area contributed by atoms with Crippen molar-refractivity contribution in [1.29, 1.82) is 0 Å². The molecule has 0 atom stereocenters. The normalized spacial score (nSPS) is 13.8. The van der Waals surface area contributed by atoms with E-state index in [-0.39, 0.29) is 17.3 Å². The fourth-order valence-electron chi connectivity index (χ4n) is 4.37. The van der Waals surface area contributed by atoms with Gasteiger partial charge in [-0.05, 0) is 36.2 Å². The molecule has 1 aliphatic heterocycles. The molecule has 0 fully saturated rings. The average molecular weight is 460 g/mol. The van der Waals surface area contributed by atoms with Crippen LogP contribution in [0.1, 0.15) is 32.7 Å². The topological polar surface area (TPSA) is 82.3 Å². The van der Waals surface area contributed by atoms with E-state index in [1.807, 2.05) is 55.5 Å². The molecule has 2 heterocycles. The molecule has 5 rings (SSSR count). The van der Waals surface area contributed by atoms with Gasteiger partial charge in [0, 0.05) is 53.8 Å². The number of rotatable bonds is 5. The highest BCUT2D eigenvalue weighted by Crippen LogP contribution is 2.29. The number of aryl methyl sites for hydroxylation is 1. The third-order valence-electron chi connectivity index (χ3n) is 6.23. The second-order valence-corrected chi connectivity index (χ2v) is 10.2. The van der Waals surface area contributed by atoms with Crippen molar-refractivity contribution < 1.29 is 13.2 Å². The number of para-hydroxylation sites is 1. The van der Waals surface area contributed by atoms with Crippen molar-refractivity contribution in [2.45, 2.75) is 31.3 Å². The molecule has 2 N–H and O–H groups in total. The highest BCUT2D eigenvalue weighted by atomic mass is 32.2. The lowest BCUT2D eigenvalue weighted by atomic mass is 10.0. The van der Waals surface area contributed by atoms with E-state index < -0.39 is 10.0 Å². The molecular formula is C26H25N3O3S. The van der Waals surface area contributed by atoms with Crippen LogP contribution in [0.2, 0.25) is 0 Å². The van der Waals surface area contributed by atoms with Gasteiger partial charge in [0.1, 0.15) is 0 Å². The number of carbonyl (C=O) groups is 1. The summed E-state index contributed by atoms with van der Waals surface area (Å²) >= 11 is 0. The molecule has 0 spiro atoms. The minimum Gasteiger partial charge on any atom is -0.358 e. The van der Waals surface area contributed by atoms with Crippen molar-refractivity contribution in [2.75, 3.05) is 6.54 Å². The fourth-order valence-corrected chi connectivity index (χ4v) is 5.41. The number of amides is 1. The minimum atomic E-state index is -3.76. The average Bonchev–Trinajstić information content (AvgIpc) is 3.21. The quantitative estimate of drug-likeness (QED) is 0.470. The number of hydrogen-bond donors (Lipinski definition) is 2. The molecule has 168 valence electrons. The Bertz CT molecular complexity index is 1440. The number of nitrogens with zero attached hydrogens (tertiary/aromatic N) is 1. The van der Waals surface area contributed by atoms with Gasteiger partial charge in [0.25, 0.3) is 5.91 Å². The second-order valence-electron chi connectivity index (χ2n) is 8.39. The first-order valence-electron chi connectivity index (χ1n) is 10.9. The lowest BCUT2D eigenvalue weighted by molar-refractivity contribution is 0.0734. The number of benzene rings is 3. The summed E-state index contributed by atoms with van der Waals surface area (Å²) in [7, 11) is -3.76. The maximum Gasteiger partial charge on any atom is 0.254 e. The van der Waals surface area contributed by atoms with Crippen LogP contribution in [-0.2, 0) is 29.5 Å². The summed E-state index contributed by atoms with van der Waals surface area (Å²) in [6.07, 6.45) is 0.741. The Hall–Kier alpha value is -3.42. The minimum absolute atomic E-state index is 0.0946. The Labute approximate surface area is 193 Å². The third-order valence-corrected chi connectivity index (χ3v) is 7.63. The maximum absolute atomic E-state index is 13.4. The van der Waals surface area contributed by atoms with E-state index in [0.717, 1.165) is 34.0 Å². The van der Waals surface area contributed by atoms with Gasteiger partial charge >= 0.3 is 0 Å². The number of sulfonamides is 1. The van der Waals surface area contributed by atoms with Crippen LogP contribution in [0.3, 0.4) is 0 Å². The van der Waals surface area contributed by atoms with Gasteiger partial charge in [-0.3, -0.25) is 4.79 Å². The van der Waals surface area contributed by atoms with E-state index in [9.17, 15) is 13.2 Å². The summed E-state index contributed by atoms with van der Waals surface area (Å²) in [5.74, 6) is -0.149. The van der Waals surface area contributed by atoms with Crippen LogP contribution in [0.4, 0.5) is 0 Å². The first-order valence-corrected chi connectivity index (χ1v) is 12.4. The molecule has 1 aliphatic rings. The van der Waals surface area contributed by atoms with Gasteiger partial charge in [-0.1, -0.05) is 54.6 Å². The Morgan fingerprint density at radius 2 is 1.79 bits per heavy atom. The molecule has 1 amide bonds. The molecule has 7 heteroatoms. The summed E-state index contributed by atoms with van der Waals surface area (Å²) in [4.78, 5) is 18.8. The van der Waals surface area contributed by atoms with Crippen molar-refractivity contribution >= 4 is 26.8 Å². The summed E-state index contributed by atoms with van der Waals surface area (Å²) in [5, 5.41) is 1.13. The van der Waals surface area contributed by atoms with Gasteiger partial charge < -0.3 is 9.88 Å². The Morgan fingerprint density at radius 1 is 1.03 bits per heavy atom. The van der Waals surface area contributed by atoms with Crippen molar-refractivity contribution in [2.24, 2.45) is 0 Å². The van der Waals surface area contributed by atoms with Crippen LogP contribution in [0.15, 0.2) is 77.7 Å². The molecule has 4 aromatic rings. The van der Waals surface area contributed by atoms with Crippen LogP contribution in [0.5, 0.6) is 0 Å². The number of aromatic nitrogens is 1. The van der Waals surface area contributed by atoms with Gasteiger partial charge in [0.2, 0.25) is 10.0 Å². The zero-order chi connectivity index (χ0) is 23.0. The summed E-state index contributed by atoms with van der Waals surface area (Å²) in [5.41, 5.74) is 5.42. The number of nitrogens with one attached hydrogen (secondary N) is 2. The molecule has 3 aromatic carbocycles. The summed E-state index contributed by atoms with van der Waals surface area (Å²) in [6.45, 7) is 3.11. The molecule has 33 heavy (non-hydrogen) atoms. The molecular weight excluding hydrogens is 434 g/mol. The fraction of sp³-hybridized carbons (Fsp3) is 0.192. The van der Waals surface area contributed by atoms with Crippen LogP contribution < -0.4 is 4.72 Å². The molecule has 0 aliphatic carbocycles. The molecule has 0 radical (unpaired) electrons. The predicted molar refractivity (Wildman–Crippen MR) is 128 cm³/mol.